The molecule has 218 valence electrons. The van der Waals surface area contributed by atoms with Gasteiger partial charge in [-0.2, -0.15) is 4.31 Å². The van der Waals surface area contributed by atoms with E-state index in [2.05, 4.69) is 20.8 Å². The van der Waals surface area contributed by atoms with Gasteiger partial charge >= 0.3 is 0 Å². The molecule has 0 saturated carbocycles. The summed E-state index contributed by atoms with van der Waals surface area (Å²) in [6, 6.07) is 14.8. The van der Waals surface area contributed by atoms with Gasteiger partial charge in [-0.25, -0.2) is 8.42 Å². The average Bonchev–Trinajstić information content (AvgIpc) is 3.33. The van der Waals surface area contributed by atoms with Gasteiger partial charge in [0.1, 0.15) is 0 Å². The molecule has 0 aliphatic carbocycles. The minimum absolute atomic E-state index is 0.0876. The average molecular weight is 587 g/mol. The lowest BCUT2D eigenvalue weighted by molar-refractivity contribution is -0.132. The molecule has 1 amide bonds. The summed E-state index contributed by atoms with van der Waals surface area (Å²) in [6.45, 7) is 11.1. The number of hydrogen-bond acceptors (Lipinski definition) is 6. The van der Waals surface area contributed by atoms with E-state index in [0.29, 0.717) is 37.4 Å². The highest BCUT2D eigenvalue weighted by molar-refractivity contribution is 7.89. The summed E-state index contributed by atoms with van der Waals surface area (Å²) in [5, 5.41) is 2.01. The van der Waals surface area contributed by atoms with E-state index in [1.165, 1.54) is 4.31 Å². The maximum atomic E-state index is 13.8. The SMILES string of the molecule is CCCN(CC(=O)N(CCc1ccc(OC)c(OC)c1)Cc1sccc1C)S(=O)(=O)c1ccc(C(C)(C)C)cc1. The first-order chi connectivity index (χ1) is 18.9. The first kappa shape index (κ1) is 31.6. The van der Waals surface area contributed by atoms with E-state index in [0.717, 1.165) is 21.6 Å². The Labute approximate surface area is 243 Å². The van der Waals surface area contributed by atoms with Crippen LogP contribution in [-0.2, 0) is 33.2 Å². The smallest absolute Gasteiger partial charge is 0.243 e. The number of aryl methyl sites for hydroxylation is 1. The van der Waals surface area contributed by atoms with Crippen LogP contribution >= 0.6 is 11.3 Å². The number of thiophene rings is 1. The largest absolute Gasteiger partial charge is 0.493 e. The zero-order valence-corrected chi connectivity index (χ0v) is 26.3. The molecule has 9 heteroatoms. The second kappa shape index (κ2) is 13.7. The third-order valence-corrected chi connectivity index (χ3v) is 9.78. The molecule has 0 spiro atoms. The molecule has 0 atom stereocenters. The summed E-state index contributed by atoms with van der Waals surface area (Å²) >= 11 is 1.60. The van der Waals surface area contributed by atoms with Crippen molar-refractivity contribution in [3.05, 3.63) is 75.5 Å². The Morgan fingerprint density at radius 1 is 0.950 bits per heavy atom. The molecule has 0 aliphatic heterocycles. The van der Waals surface area contributed by atoms with Crippen molar-refractivity contribution >= 4 is 27.3 Å². The standard InChI is InChI=1S/C31H42N2O5S2/c1-8-17-33(40(35,36)26-12-10-25(11-13-26)31(3,4)5)22-30(34)32(21-29-23(2)16-19-39-29)18-15-24-9-14-27(37-6)28(20-24)38-7/h9-14,16,19-20H,8,15,17-18,21-22H2,1-7H3. The van der Waals surface area contributed by atoms with Crippen LogP contribution in [0.5, 0.6) is 11.5 Å². The van der Waals surface area contributed by atoms with Crippen molar-refractivity contribution in [2.24, 2.45) is 0 Å². The van der Waals surface area contributed by atoms with E-state index in [1.807, 2.05) is 55.6 Å². The Morgan fingerprint density at radius 3 is 2.17 bits per heavy atom. The number of carbonyl (C=O) groups excluding carboxylic acids is 1. The third-order valence-electron chi connectivity index (χ3n) is 6.92. The minimum atomic E-state index is -3.85. The van der Waals surface area contributed by atoms with Crippen molar-refractivity contribution in [2.45, 2.75) is 64.3 Å². The van der Waals surface area contributed by atoms with Crippen molar-refractivity contribution in [3.63, 3.8) is 0 Å². The fraction of sp³-hybridized carbons (Fsp3) is 0.452. The normalized spacial score (nSPS) is 12.0. The van der Waals surface area contributed by atoms with Gasteiger partial charge < -0.3 is 14.4 Å². The predicted molar refractivity (Wildman–Crippen MR) is 162 cm³/mol. The number of methoxy groups -OCH3 is 2. The van der Waals surface area contributed by atoms with Crippen LogP contribution in [0.1, 0.15) is 55.7 Å². The molecule has 0 unspecified atom stereocenters. The van der Waals surface area contributed by atoms with E-state index in [-0.39, 0.29) is 29.3 Å². The highest BCUT2D eigenvalue weighted by atomic mass is 32.2. The summed E-state index contributed by atoms with van der Waals surface area (Å²) in [5.74, 6) is 1.05. The predicted octanol–water partition coefficient (Wildman–Crippen LogP) is 6.04. The summed E-state index contributed by atoms with van der Waals surface area (Å²) in [5.41, 5.74) is 3.08. The summed E-state index contributed by atoms with van der Waals surface area (Å²) in [7, 11) is -0.663. The van der Waals surface area contributed by atoms with Crippen LogP contribution in [-0.4, -0.2) is 57.4 Å². The Morgan fingerprint density at radius 2 is 1.62 bits per heavy atom. The second-order valence-corrected chi connectivity index (χ2v) is 13.8. The van der Waals surface area contributed by atoms with Gasteiger partial charge in [0.15, 0.2) is 11.5 Å². The highest BCUT2D eigenvalue weighted by Gasteiger charge is 2.29. The van der Waals surface area contributed by atoms with Crippen LogP contribution in [0.4, 0.5) is 0 Å². The molecular weight excluding hydrogens is 544 g/mol. The van der Waals surface area contributed by atoms with Crippen molar-refractivity contribution in [2.75, 3.05) is 33.9 Å². The molecule has 0 fully saturated rings. The summed E-state index contributed by atoms with van der Waals surface area (Å²) in [4.78, 5) is 16.8. The zero-order valence-electron chi connectivity index (χ0n) is 24.7. The Kier molecular flexibility index (Phi) is 10.8. The Hall–Kier alpha value is -2.88. The van der Waals surface area contributed by atoms with Crippen LogP contribution in [0.2, 0.25) is 0 Å². The minimum Gasteiger partial charge on any atom is -0.493 e. The number of ether oxygens (including phenoxy) is 2. The molecule has 3 aromatic rings. The highest BCUT2D eigenvalue weighted by Crippen LogP contribution is 2.28. The number of sulfonamides is 1. The monoisotopic (exact) mass is 586 g/mol. The van der Waals surface area contributed by atoms with Gasteiger partial charge in [0, 0.05) is 18.0 Å². The van der Waals surface area contributed by atoms with Gasteiger partial charge in [-0.3, -0.25) is 4.79 Å². The quantitative estimate of drug-likeness (QED) is 0.244. The lowest BCUT2D eigenvalue weighted by Crippen LogP contribution is -2.43. The molecule has 7 nitrogen and oxygen atoms in total. The maximum Gasteiger partial charge on any atom is 0.243 e. The van der Waals surface area contributed by atoms with Gasteiger partial charge in [-0.15, -0.1) is 11.3 Å². The molecule has 0 radical (unpaired) electrons. The number of rotatable bonds is 13. The van der Waals surface area contributed by atoms with E-state index < -0.39 is 10.0 Å². The fourth-order valence-corrected chi connectivity index (χ4v) is 6.79. The molecular formula is C31H42N2O5S2. The molecule has 0 N–H and O–H groups in total. The Bertz CT molecular complexity index is 1380. The van der Waals surface area contributed by atoms with Gasteiger partial charge in [-0.1, -0.05) is 45.9 Å². The number of nitrogens with zero attached hydrogens (tertiary/aromatic N) is 2. The molecule has 0 bridgehead atoms. The fourth-order valence-electron chi connectivity index (χ4n) is 4.39. The van der Waals surface area contributed by atoms with Crippen LogP contribution in [0.15, 0.2) is 58.8 Å². The molecule has 0 saturated heterocycles. The number of carbonyl (C=O) groups is 1. The first-order valence-corrected chi connectivity index (χ1v) is 15.8. The third kappa shape index (κ3) is 7.86. The topological polar surface area (TPSA) is 76.2 Å². The Balaban J connectivity index is 1.84. The zero-order chi connectivity index (χ0) is 29.5. The van der Waals surface area contributed by atoms with Crippen molar-refractivity contribution in [1.82, 2.24) is 9.21 Å². The van der Waals surface area contributed by atoms with E-state index in [1.54, 1.807) is 42.6 Å². The van der Waals surface area contributed by atoms with Gasteiger partial charge in [0.05, 0.1) is 32.2 Å². The molecule has 2 aromatic carbocycles. The van der Waals surface area contributed by atoms with E-state index in [4.69, 9.17) is 9.47 Å². The molecule has 3 rings (SSSR count). The van der Waals surface area contributed by atoms with Crippen LogP contribution in [0.25, 0.3) is 0 Å². The lowest BCUT2D eigenvalue weighted by atomic mass is 9.87. The van der Waals surface area contributed by atoms with Gasteiger partial charge in [0.2, 0.25) is 15.9 Å². The van der Waals surface area contributed by atoms with Crippen molar-refractivity contribution in [1.29, 1.82) is 0 Å². The molecule has 1 heterocycles. The van der Waals surface area contributed by atoms with Crippen LogP contribution < -0.4 is 9.47 Å². The van der Waals surface area contributed by atoms with Gasteiger partial charge in [-0.05, 0) is 77.6 Å². The van der Waals surface area contributed by atoms with Crippen molar-refractivity contribution in [3.8, 4) is 11.5 Å². The summed E-state index contributed by atoms with van der Waals surface area (Å²) in [6.07, 6.45) is 1.19. The molecule has 1 aromatic heterocycles. The van der Waals surface area contributed by atoms with E-state index in [9.17, 15) is 13.2 Å². The van der Waals surface area contributed by atoms with Crippen molar-refractivity contribution < 1.29 is 22.7 Å². The molecule has 0 aliphatic rings. The lowest BCUT2D eigenvalue weighted by Gasteiger charge is -2.27. The first-order valence-electron chi connectivity index (χ1n) is 13.5. The van der Waals surface area contributed by atoms with Crippen LogP contribution in [0, 0.1) is 6.92 Å². The van der Waals surface area contributed by atoms with E-state index >= 15 is 0 Å². The van der Waals surface area contributed by atoms with Gasteiger partial charge in [0.25, 0.3) is 0 Å². The summed E-state index contributed by atoms with van der Waals surface area (Å²) < 4.78 is 39.4. The molecule has 40 heavy (non-hydrogen) atoms. The number of benzene rings is 2. The maximum absolute atomic E-state index is 13.8. The second-order valence-electron chi connectivity index (χ2n) is 10.9. The number of hydrogen-bond donors (Lipinski definition) is 0. The number of amides is 1. The van der Waals surface area contributed by atoms with Crippen LogP contribution in [0.3, 0.4) is 0 Å².